The van der Waals surface area contributed by atoms with Crippen molar-refractivity contribution >= 4 is 22.8 Å². The molecule has 8 nitrogen and oxygen atoms in total. The number of carboxylic acid groups (broad SMARTS) is 1. The summed E-state index contributed by atoms with van der Waals surface area (Å²) in [6.07, 6.45) is 2.57. The third kappa shape index (κ3) is 6.34. The number of H-pyrrole nitrogens is 1. The van der Waals surface area contributed by atoms with E-state index in [1.165, 1.54) is 11.1 Å². The van der Waals surface area contributed by atoms with Crippen LogP contribution >= 0.6 is 0 Å². The number of anilines is 1. The summed E-state index contributed by atoms with van der Waals surface area (Å²) in [5.74, 6) is 0.111. The second kappa shape index (κ2) is 11.5. The summed E-state index contributed by atoms with van der Waals surface area (Å²) < 4.78 is 0. The van der Waals surface area contributed by atoms with E-state index in [9.17, 15) is 4.79 Å². The fourth-order valence-electron chi connectivity index (χ4n) is 4.91. The predicted molar refractivity (Wildman–Crippen MR) is 146 cm³/mol. The number of hydrogen-bond acceptors (Lipinski definition) is 6. The molecular formula is C29H34N6O2. The Kier molecular flexibility index (Phi) is 7.77. The van der Waals surface area contributed by atoms with E-state index in [1.807, 2.05) is 18.2 Å². The van der Waals surface area contributed by atoms with Gasteiger partial charge in [0.2, 0.25) is 0 Å². The second-order valence-electron chi connectivity index (χ2n) is 9.76. The summed E-state index contributed by atoms with van der Waals surface area (Å²) in [7, 11) is 0. The largest absolute Gasteiger partial charge is 0.481 e. The van der Waals surface area contributed by atoms with Crippen molar-refractivity contribution in [2.45, 2.75) is 32.4 Å². The van der Waals surface area contributed by atoms with Gasteiger partial charge in [-0.1, -0.05) is 54.6 Å². The number of hydrogen-bond donors (Lipinski definition) is 3. The van der Waals surface area contributed by atoms with E-state index in [-0.39, 0.29) is 12.5 Å². The number of benzene rings is 2. The van der Waals surface area contributed by atoms with Crippen molar-refractivity contribution in [3.05, 3.63) is 78.1 Å². The van der Waals surface area contributed by atoms with Crippen molar-refractivity contribution in [1.82, 2.24) is 24.8 Å². The number of aromatic nitrogens is 3. The second-order valence-corrected chi connectivity index (χ2v) is 9.76. The van der Waals surface area contributed by atoms with Gasteiger partial charge in [0.25, 0.3) is 0 Å². The summed E-state index contributed by atoms with van der Waals surface area (Å²) in [4.78, 5) is 28.0. The molecule has 1 unspecified atom stereocenters. The summed E-state index contributed by atoms with van der Waals surface area (Å²) in [5.41, 5.74) is 5.45. The van der Waals surface area contributed by atoms with Crippen molar-refractivity contribution in [1.29, 1.82) is 0 Å². The minimum Gasteiger partial charge on any atom is -0.481 e. The maximum absolute atomic E-state index is 10.7. The van der Waals surface area contributed by atoms with Gasteiger partial charge in [-0.3, -0.25) is 9.69 Å². The van der Waals surface area contributed by atoms with Crippen LogP contribution in [0.2, 0.25) is 0 Å². The number of piperazine rings is 1. The summed E-state index contributed by atoms with van der Waals surface area (Å²) in [6, 6.07) is 21.3. The van der Waals surface area contributed by atoms with Gasteiger partial charge in [0.05, 0.1) is 5.39 Å². The number of nitrogens with one attached hydrogen (secondary N) is 2. The summed E-state index contributed by atoms with van der Waals surface area (Å²) in [6.45, 7) is 7.92. The first-order valence-corrected chi connectivity index (χ1v) is 13.0. The van der Waals surface area contributed by atoms with Crippen LogP contribution in [0.3, 0.4) is 0 Å². The van der Waals surface area contributed by atoms with Gasteiger partial charge < -0.3 is 20.3 Å². The zero-order valence-corrected chi connectivity index (χ0v) is 21.2. The number of rotatable bonds is 10. The van der Waals surface area contributed by atoms with Crippen LogP contribution in [-0.4, -0.2) is 68.6 Å². The van der Waals surface area contributed by atoms with Gasteiger partial charge in [0, 0.05) is 50.9 Å². The quantitative estimate of drug-likeness (QED) is 0.289. The van der Waals surface area contributed by atoms with Crippen LogP contribution in [0.1, 0.15) is 36.9 Å². The number of aromatic amines is 1. The molecule has 8 heteroatoms. The highest BCUT2D eigenvalue weighted by Crippen LogP contribution is 2.29. The third-order valence-electron chi connectivity index (χ3n) is 7.08. The molecule has 3 N–H and O–H groups in total. The van der Waals surface area contributed by atoms with Gasteiger partial charge >= 0.3 is 5.97 Å². The van der Waals surface area contributed by atoms with Crippen molar-refractivity contribution in [2.75, 3.05) is 38.0 Å². The smallest absolute Gasteiger partial charge is 0.303 e. The third-order valence-corrected chi connectivity index (χ3v) is 7.08. The molecule has 5 rings (SSSR count). The Bertz CT molecular complexity index is 1310. The molecule has 1 aliphatic heterocycles. The van der Waals surface area contributed by atoms with Crippen LogP contribution in [-0.2, 0) is 11.3 Å². The van der Waals surface area contributed by atoms with Crippen molar-refractivity contribution in [2.24, 2.45) is 0 Å². The molecule has 0 aliphatic carbocycles. The van der Waals surface area contributed by atoms with Crippen LogP contribution in [0.5, 0.6) is 0 Å². The molecule has 0 spiro atoms. The number of carboxylic acids is 1. The van der Waals surface area contributed by atoms with Crippen LogP contribution in [0.15, 0.2) is 67.0 Å². The average Bonchev–Trinajstić information content (AvgIpc) is 3.36. The highest BCUT2D eigenvalue weighted by atomic mass is 16.4. The highest BCUT2D eigenvalue weighted by Gasteiger charge is 2.17. The first-order valence-electron chi connectivity index (χ1n) is 13.0. The van der Waals surface area contributed by atoms with Crippen LogP contribution in [0, 0.1) is 0 Å². The van der Waals surface area contributed by atoms with Crippen molar-refractivity contribution < 1.29 is 9.90 Å². The fourth-order valence-corrected chi connectivity index (χ4v) is 4.91. The lowest BCUT2D eigenvalue weighted by atomic mass is 10.1. The molecular weight excluding hydrogens is 464 g/mol. The lowest BCUT2D eigenvalue weighted by Crippen LogP contribution is -2.46. The highest BCUT2D eigenvalue weighted by molar-refractivity contribution is 5.91. The molecule has 3 heterocycles. The molecule has 1 fully saturated rings. The molecule has 4 aromatic rings. The molecule has 0 radical (unpaired) electrons. The molecule has 0 bridgehead atoms. The van der Waals surface area contributed by atoms with Gasteiger partial charge in [-0.2, -0.15) is 0 Å². The molecule has 0 saturated carbocycles. The summed E-state index contributed by atoms with van der Waals surface area (Å²) in [5, 5.41) is 13.3. The molecule has 0 amide bonds. The molecule has 1 atom stereocenters. The molecule has 37 heavy (non-hydrogen) atoms. The van der Waals surface area contributed by atoms with E-state index in [4.69, 9.17) is 5.11 Å². The van der Waals surface area contributed by atoms with E-state index in [1.54, 1.807) is 6.33 Å². The standard InChI is InChI=1S/C29H34N6O2/c1-21(23-6-3-2-4-7-23)32-28-25-18-26(33-29(25)31-20-30-28)24-11-9-22(10-12-24)19-35-16-14-34(15-17-35)13-5-8-27(36)37/h2-4,6-7,9-12,18,20-21H,5,8,13-17,19H2,1H3,(H,36,37)(H2,30,31,32,33). The maximum Gasteiger partial charge on any atom is 0.303 e. The zero-order valence-electron chi connectivity index (χ0n) is 21.2. The van der Waals surface area contributed by atoms with Gasteiger partial charge in [0.1, 0.15) is 17.8 Å². The molecule has 2 aromatic heterocycles. The fraction of sp³-hybridized carbons (Fsp3) is 0.345. The van der Waals surface area contributed by atoms with Gasteiger partial charge in [-0.25, -0.2) is 9.97 Å². The lowest BCUT2D eigenvalue weighted by Gasteiger charge is -2.34. The van der Waals surface area contributed by atoms with E-state index in [0.29, 0.717) is 0 Å². The number of fused-ring (bicyclic) bond motifs is 1. The van der Waals surface area contributed by atoms with Gasteiger partial charge in [0.15, 0.2) is 0 Å². The normalized spacial score (nSPS) is 15.6. The van der Waals surface area contributed by atoms with E-state index in [2.05, 4.69) is 79.5 Å². The van der Waals surface area contributed by atoms with E-state index >= 15 is 0 Å². The average molecular weight is 499 g/mol. The SMILES string of the molecule is CC(Nc1ncnc2[nH]c(-c3ccc(CN4CCN(CCCC(=O)O)CC4)cc3)cc12)c1ccccc1. The Morgan fingerprint density at radius 3 is 2.49 bits per heavy atom. The zero-order chi connectivity index (χ0) is 25.6. The Hall–Kier alpha value is -3.75. The van der Waals surface area contributed by atoms with E-state index in [0.717, 1.165) is 73.8 Å². The molecule has 1 aliphatic rings. The molecule has 192 valence electrons. The van der Waals surface area contributed by atoms with Crippen LogP contribution < -0.4 is 5.32 Å². The summed E-state index contributed by atoms with van der Waals surface area (Å²) >= 11 is 0. The van der Waals surface area contributed by atoms with Gasteiger partial charge in [-0.05, 0) is 42.6 Å². The maximum atomic E-state index is 10.7. The van der Waals surface area contributed by atoms with Gasteiger partial charge in [-0.15, -0.1) is 0 Å². The Morgan fingerprint density at radius 2 is 1.76 bits per heavy atom. The number of nitrogens with zero attached hydrogens (tertiary/aromatic N) is 4. The Balaban J connectivity index is 1.20. The van der Waals surface area contributed by atoms with Crippen molar-refractivity contribution in [3.63, 3.8) is 0 Å². The predicted octanol–water partition coefficient (Wildman–Crippen LogP) is 4.78. The van der Waals surface area contributed by atoms with Crippen molar-refractivity contribution in [3.8, 4) is 11.3 Å². The minimum absolute atomic E-state index is 0.128. The Labute approximate surface area is 217 Å². The Morgan fingerprint density at radius 1 is 1.03 bits per heavy atom. The first-order chi connectivity index (χ1) is 18.0. The lowest BCUT2D eigenvalue weighted by molar-refractivity contribution is -0.137. The molecule has 1 saturated heterocycles. The number of carbonyl (C=O) groups is 1. The minimum atomic E-state index is -0.711. The number of aliphatic carboxylic acids is 1. The van der Waals surface area contributed by atoms with E-state index < -0.39 is 5.97 Å². The topological polar surface area (TPSA) is 97.4 Å². The van der Waals surface area contributed by atoms with Crippen LogP contribution in [0.25, 0.3) is 22.3 Å². The van der Waals surface area contributed by atoms with Crippen LogP contribution in [0.4, 0.5) is 5.82 Å². The monoisotopic (exact) mass is 498 g/mol. The first kappa shape index (κ1) is 24.9. The molecule has 2 aromatic carbocycles.